The Kier molecular flexibility index (Phi) is 6.18. The van der Waals surface area contributed by atoms with E-state index in [-0.39, 0.29) is 0 Å². The van der Waals surface area contributed by atoms with Crippen LogP contribution in [0, 0.1) is 5.92 Å². The number of ether oxygens (including phenoxy) is 1. The van der Waals surface area contributed by atoms with Gasteiger partial charge in [0.1, 0.15) is 13.2 Å². The van der Waals surface area contributed by atoms with Crippen molar-refractivity contribution in [3.63, 3.8) is 0 Å². The van der Waals surface area contributed by atoms with E-state index in [2.05, 4.69) is 45.8 Å². The summed E-state index contributed by atoms with van der Waals surface area (Å²) in [5, 5.41) is 11.5. The summed E-state index contributed by atoms with van der Waals surface area (Å²) in [6.07, 6.45) is 3.56. The van der Waals surface area contributed by atoms with Crippen molar-refractivity contribution in [2.45, 2.75) is 65.8 Å². The zero-order valence-electron chi connectivity index (χ0n) is 13.9. The summed E-state index contributed by atoms with van der Waals surface area (Å²) >= 11 is 0. The molecule has 0 bridgehead atoms. The number of nitrogens with one attached hydrogen (secondary N) is 1. The van der Waals surface area contributed by atoms with E-state index in [0.717, 1.165) is 30.5 Å². The molecular weight excluding hydrogens is 280 g/mol. The molecule has 1 aromatic rings. The maximum atomic E-state index is 5.96. The average molecular weight is 308 g/mol. The van der Waals surface area contributed by atoms with Crippen LogP contribution in [0.15, 0.2) is 4.99 Å². The summed E-state index contributed by atoms with van der Waals surface area (Å²) in [6.45, 7) is 9.09. The Hall–Kier alpha value is -1.63. The number of hydrogen-bond acceptors (Lipinski definition) is 4. The number of fused-ring (bicyclic) bond motifs is 1. The minimum Gasteiger partial charge on any atom is -0.372 e. The zero-order valence-corrected chi connectivity index (χ0v) is 13.9. The van der Waals surface area contributed by atoms with Crippen LogP contribution in [0.3, 0.4) is 0 Å². The van der Waals surface area contributed by atoms with Gasteiger partial charge < -0.3 is 20.4 Å². The van der Waals surface area contributed by atoms with E-state index in [1.165, 1.54) is 12.8 Å². The molecule has 0 saturated carbocycles. The maximum absolute atomic E-state index is 5.96. The highest BCUT2D eigenvalue weighted by molar-refractivity contribution is 5.78. The molecule has 7 heteroatoms. The number of rotatable bonds is 7. The van der Waals surface area contributed by atoms with Crippen molar-refractivity contribution in [1.82, 2.24) is 20.1 Å². The van der Waals surface area contributed by atoms with Crippen molar-refractivity contribution in [1.29, 1.82) is 0 Å². The molecule has 0 unspecified atom stereocenters. The van der Waals surface area contributed by atoms with Crippen LogP contribution in [0.1, 0.15) is 51.7 Å². The van der Waals surface area contributed by atoms with E-state index in [1.807, 2.05) is 0 Å². The third kappa shape index (κ3) is 4.98. The molecule has 0 saturated heterocycles. The Bertz CT molecular complexity index is 496. The minimum atomic E-state index is 0.336. The summed E-state index contributed by atoms with van der Waals surface area (Å²) in [7, 11) is 0. The second-order valence-electron chi connectivity index (χ2n) is 6.31. The molecule has 1 aliphatic heterocycles. The topological polar surface area (TPSA) is 90.4 Å². The SMILES string of the molecule is CC(C)CCC[C@@H](C)NC(N)=NCc1nnc2n1CCOC2. The first-order chi connectivity index (χ1) is 10.6. The molecule has 0 spiro atoms. The van der Waals surface area contributed by atoms with E-state index < -0.39 is 0 Å². The van der Waals surface area contributed by atoms with Gasteiger partial charge in [-0.05, 0) is 19.3 Å². The molecule has 1 aromatic heterocycles. The lowest BCUT2D eigenvalue weighted by Crippen LogP contribution is -2.38. The quantitative estimate of drug-likeness (QED) is 0.587. The highest BCUT2D eigenvalue weighted by atomic mass is 16.5. The molecule has 1 atom stereocenters. The van der Waals surface area contributed by atoms with Gasteiger partial charge in [-0.15, -0.1) is 10.2 Å². The lowest BCUT2D eigenvalue weighted by atomic mass is 10.0. The van der Waals surface area contributed by atoms with Crippen molar-refractivity contribution < 1.29 is 4.74 Å². The highest BCUT2D eigenvalue weighted by Gasteiger charge is 2.15. The molecular formula is C15H28N6O. The van der Waals surface area contributed by atoms with Crippen LogP contribution in [0.4, 0.5) is 0 Å². The number of hydrogen-bond donors (Lipinski definition) is 2. The molecule has 124 valence electrons. The van der Waals surface area contributed by atoms with Gasteiger partial charge in [0.25, 0.3) is 0 Å². The van der Waals surface area contributed by atoms with E-state index >= 15 is 0 Å². The molecule has 1 aliphatic rings. The number of aliphatic imine (C=N–C) groups is 1. The molecule has 2 rings (SSSR count). The highest BCUT2D eigenvalue weighted by Crippen LogP contribution is 2.10. The summed E-state index contributed by atoms with van der Waals surface area (Å²) in [5.41, 5.74) is 5.96. The maximum Gasteiger partial charge on any atom is 0.189 e. The number of guanidine groups is 1. The fourth-order valence-corrected chi connectivity index (χ4v) is 2.53. The zero-order chi connectivity index (χ0) is 15.9. The molecule has 22 heavy (non-hydrogen) atoms. The summed E-state index contributed by atoms with van der Waals surface area (Å²) in [6, 6.07) is 0.336. The van der Waals surface area contributed by atoms with Gasteiger partial charge in [-0.3, -0.25) is 0 Å². The first kappa shape index (κ1) is 16.7. The Balaban J connectivity index is 1.78. The van der Waals surface area contributed by atoms with Gasteiger partial charge >= 0.3 is 0 Å². The van der Waals surface area contributed by atoms with Gasteiger partial charge in [0.15, 0.2) is 17.6 Å². The second-order valence-corrected chi connectivity index (χ2v) is 6.31. The third-order valence-electron chi connectivity index (χ3n) is 3.80. The molecule has 0 aromatic carbocycles. The molecule has 7 nitrogen and oxygen atoms in total. The van der Waals surface area contributed by atoms with Crippen LogP contribution >= 0.6 is 0 Å². The first-order valence-corrected chi connectivity index (χ1v) is 8.11. The summed E-state index contributed by atoms with van der Waals surface area (Å²) < 4.78 is 7.41. The summed E-state index contributed by atoms with van der Waals surface area (Å²) in [4.78, 5) is 4.38. The molecule has 0 aliphatic carbocycles. The second kappa shape index (κ2) is 8.12. The first-order valence-electron chi connectivity index (χ1n) is 8.11. The van der Waals surface area contributed by atoms with Gasteiger partial charge in [-0.25, -0.2) is 4.99 Å². The Morgan fingerprint density at radius 1 is 1.36 bits per heavy atom. The van der Waals surface area contributed by atoms with Crippen LogP contribution in [0.5, 0.6) is 0 Å². The number of nitrogens with zero attached hydrogens (tertiary/aromatic N) is 4. The van der Waals surface area contributed by atoms with Crippen LogP contribution in [0.25, 0.3) is 0 Å². The van der Waals surface area contributed by atoms with Crippen LogP contribution in [-0.4, -0.2) is 33.4 Å². The van der Waals surface area contributed by atoms with Crippen molar-refractivity contribution >= 4 is 5.96 Å². The predicted molar refractivity (Wildman–Crippen MR) is 86.3 cm³/mol. The lowest BCUT2D eigenvalue weighted by Gasteiger charge is -2.16. The van der Waals surface area contributed by atoms with Crippen molar-refractivity contribution in [3.8, 4) is 0 Å². The molecule has 0 radical (unpaired) electrons. The summed E-state index contributed by atoms with van der Waals surface area (Å²) in [5.74, 6) is 2.93. The number of nitrogens with two attached hydrogens (primary N) is 1. The predicted octanol–water partition coefficient (Wildman–Crippen LogP) is 1.43. The largest absolute Gasteiger partial charge is 0.372 e. The smallest absolute Gasteiger partial charge is 0.189 e. The average Bonchev–Trinajstić information content (AvgIpc) is 2.88. The van der Waals surface area contributed by atoms with Crippen molar-refractivity contribution in [3.05, 3.63) is 11.6 Å². The third-order valence-corrected chi connectivity index (χ3v) is 3.80. The Labute approximate surface area is 132 Å². The minimum absolute atomic E-state index is 0.336. The Morgan fingerprint density at radius 2 is 2.18 bits per heavy atom. The van der Waals surface area contributed by atoms with Gasteiger partial charge in [-0.2, -0.15) is 0 Å². The van der Waals surface area contributed by atoms with E-state index in [9.17, 15) is 0 Å². The van der Waals surface area contributed by atoms with Crippen molar-refractivity contribution in [2.24, 2.45) is 16.6 Å². The van der Waals surface area contributed by atoms with Gasteiger partial charge in [-0.1, -0.05) is 26.7 Å². The van der Waals surface area contributed by atoms with E-state index in [0.29, 0.717) is 31.8 Å². The normalized spacial score (nSPS) is 16.6. The van der Waals surface area contributed by atoms with Gasteiger partial charge in [0, 0.05) is 12.6 Å². The van der Waals surface area contributed by atoms with Crippen LogP contribution < -0.4 is 11.1 Å². The van der Waals surface area contributed by atoms with Crippen LogP contribution in [0.2, 0.25) is 0 Å². The molecule has 0 amide bonds. The van der Waals surface area contributed by atoms with Crippen molar-refractivity contribution in [2.75, 3.05) is 6.61 Å². The fraction of sp³-hybridized carbons (Fsp3) is 0.800. The monoisotopic (exact) mass is 308 g/mol. The van der Waals surface area contributed by atoms with Gasteiger partial charge in [0.05, 0.1) is 6.61 Å². The van der Waals surface area contributed by atoms with E-state index in [4.69, 9.17) is 10.5 Å². The van der Waals surface area contributed by atoms with E-state index in [1.54, 1.807) is 0 Å². The Morgan fingerprint density at radius 3 is 2.95 bits per heavy atom. The molecule has 3 N–H and O–H groups in total. The number of aromatic nitrogens is 3. The van der Waals surface area contributed by atoms with Gasteiger partial charge in [0.2, 0.25) is 0 Å². The lowest BCUT2D eigenvalue weighted by molar-refractivity contribution is 0.0806. The fourth-order valence-electron chi connectivity index (χ4n) is 2.53. The van der Waals surface area contributed by atoms with Crippen LogP contribution in [-0.2, 0) is 24.4 Å². The molecule has 2 heterocycles. The standard InChI is InChI=1S/C15H28N6O/c1-11(2)5-4-6-12(3)18-15(16)17-9-13-19-20-14-10-22-8-7-21(13)14/h11-12H,4-10H2,1-3H3,(H3,16,17,18)/t12-/m1/s1. The molecule has 0 fully saturated rings.